The lowest BCUT2D eigenvalue weighted by Crippen LogP contribution is -2.44. The Labute approximate surface area is 119 Å². The van der Waals surface area contributed by atoms with E-state index >= 15 is 0 Å². The fraction of sp³-hybridized carbons (Fsp3) is 0.286. The van der Waals surface area contributed by atoms with Crippen molar-refractivity contribution in [3.8, 4) is 0 Å². The van der Waals surface area contributed by atoms with Crippen molar-refractivity contribution in [2.24, 2.45) is 5.92 Å². The molecular weight excluding hydrogens is 281 g/mol. The molecule has 0 fully saturated rings. The Morgan fingerprint density at radius 2 is 2.05 bits per heavy atom. The number of carboxylic acid groups (broad SMARTS) is 1. The zero-order chi connectivity index (χ0) is 14.9. The normalized spacial score (nSPS) is 12.6. The molecule has 2 rings (SSSR count). The molecule has 0 radical (unpaired) electrons. The van der Waals surface area contributed by atoms with Crippen molar-refractivity contribution in [2.75, 3.05) is 0 Å². The highest BCUT2D eigenvalue weighted by molar-refractivity contribution is 7.20. The predicted molar refractivity (Wildman–Crippen MR) is 75.5 cm³/mol. The zero-order valence-corrected chi connectivity index (χ0v) is 11.8. The lowest BCUT2D eigenvalue weighted by Gasteiger charge is -2.17. The lowest BCUT2D eigenvalue weighted by molar-refractivity contribution is -0.140. The van der Waals surface area contributed by atoms with Crippen molar-refractivity contribution in [1.82, 2.24) is 5.32 Å². The van der Waals surface area contributed by atoms with Crippen LogP contribution in [0.2, 0.25) is 0 Å². The highest BCUT2D eigenvalue weighted by Gasteiger charge is 2.24. The number of hydrogen-bond acceptors (Lipinski definition) is 3. The Bertz CT molecular complexity index is 665. The maximum Gasteiger partial charge on any atom is 0.326 e. The van der Waals surface area contributed by atoms with Crippen molar-refractivity contribution < 1.29 is 19.1 Å². The number of fused-ring (bicyclic) bond motifs is 1. The van der Waals surface area contributed by atoms with Crippen LogP contribution in [-0.4, -0.2) is 23.0 Å². The van der Waals surface area contributed by atoms with E-state index in [0.29, 0.717) is 15.0 Å². The van der Waals surface area contributed by atoms with Gasteiger partial charge in [-0.1, -0.05) is 19.9 Å². The average Bonchev–Trinajstić information content (AvgIpc) is 2.80. The highest BCUT2D eigenvalue weighted by atomic mass is 32.1. The third-order valence-corrected chi connectivity index (χ3v) is 4.05. The van der Waals surface area contributed by atoms with Crippen LogP contribution < -0.4 is 5.32 Å². The van der Waals surface area contributed by atoms with Gasteiger partial charge in [0.25, 0.3) is 5.91 Å². The molecule has 1 aromatic heterocycles. The first-order valence-corrected chi connectivity index (χ1v) is 6.93. The summed E-state index contributed by atoms with van der Waals surface area (Å²) in [5.74, 6) is -2.20. The summed E-state index contributed by atoms with van der Waals surface area (Å²) in [7, 11) is 0. The van der Waals surface area contributed by atoms with Gasteiger partial charge in [-0.05, 0) is 24.1 Å². The number of aliphatic carboxylic acids is 1. The second-order valence-electron chi connectivity index (χ2n) is 4.80. The van der Waals surface area contributed by atoms with Gasteiger partial charge in [0.1, 0.15) is 11.9 Å². The van der Waals surface area contributed by atoms with Gasteiger partial charge < -0.3 is 10.4 Å². The summed E-state index contributed by atoms with van der Waals surface area (Å²) < 4.78 is 14.2. The maximum absolute atomic E-state index is 13.6. The van der Waals surface area contributed by atoms with E-state index in [-0.39, 0.29) is 5.92 Å². The van der Waals surface area contributed by atoms with Crippen LogP contribution in [-0.2, 0) is 4.79 Å². The van der Waals surface area contributed by atoms with Crippen LogP contribution in [0.1, 0.15) is 23.5 Å². The molecule has 1 atom stereocenters. The van der Waals surface area contributed by atoms with E-state index in [1.54, 1.807) is 26.0 Å². The molecule has 0 aliphatic carbocycles. The minimum absolute atomic E-state index is 0.234. The number of hydrogen-bond donors (Lipinski definition) is 2. The number of thiophene rings is 1. The van der Waals surface area contributed by atoms with E-state index < -0.39 is 23.7 Å². The van der Waals surface area contributed by atoms with Gasteiger partial charge in [0, 0.05) is 10.1 Å². The van der Waals surface area contributed by atoms with Crippen molar-refractivity contribution in [1.29, 1.82) is 0 Å². The van der Waals surface area contributed by atoms with Crippen LogP contribution in [0.3, 0.4) is 0 Å². The molecule has 4 nitrogen and oxygen atoms in total. The molecule has 0 saturated carbocycles. The lowest BCUT2D eigenvalue weighted by atomic mass is 10.0. The quantitative estimate of drug-likeness (QED) is 0.911. The molecule has 0 spiro atoms. The second-order valence-corrected chi connectivity index (χ2v) is 5.88. The van der Waals surface area contributed by atoms with Crippen LogP contribution in [0.4, 0.5) is 4.39 Å². The van der Waals surface area contributed by atoms with Crippen LogP contribution in [0.25, 0.3) is 10.1 Å². The van der Waals surface area contributed by atoms with Gasteiger partial charge in [-0.15, -0.1) is 11.3 Å². The largest absolute Gasteiger partial charge is 0.480 e. The number of nitrogens with one attached hydrogen (secondary N) is 1. The van der Waals surface area contributed by atoms with E-state index in [2.05, 4.69) is 5.32 Å². The Morgan fingerprint density at radius 1 is 1.35 bits per heavy atom. The molecule has 20 heavy (non-hydrogen) atoms. The first-order valence-electron chi connectivity index (χ1n) is 6.12. The number of amides is 1. The smallest absolute Gasteiger partial charge is 0.326 e. The fourth-order valence-corrected chi connectivity index (χ4v) is 2.84. The Morgan fingerprint density at radius 3 is 2.60 bits per heavy atom. The van der Waals surface area contributed by atoms with Crippen molar-refractivity contribution >= 4 is 33.3 Å². The Kier molecular flexibility index (Phi) is 4.04. The minimum Gasteiger partial charge on any atom is -0.480 e. The first-order chi connectivity index (χ1) is 9.40. The van der Waals surface area contributed by atoms with E-state index in [9.17, 15) is 14.0 Å². The topological polar surface area (TPSA) is 66.4 Å². The van der Waals surface area contributed by atoms with Crippen molar-refractivity contribution in [3.63, 3.8) is 0 Å². The van der Waals surface area contributed by atoms with Gasteiger partial charge >= 0.3 is 5.97 Å². The number of benzene rings is 1. The molecule has 0 aliphatic rings. The van der Waals surface area contributed by atoms with Crippen LogP contribution in [0, 0.1) is 11.7 Å². The monoisotopic (exact) mass is 295 g/mol. The summed E-state index contributed by atoms with van der Waals surface area (Å²) >= 11 is 1.14. The summed E-state index contributed by atoms with van der Waals surface area (Å²) in [6, 6.07) is 5.10. The molecule has 6 heteroatoms. The van der Waals surface area contributed by atoms with Crippen molar-refractivity contribution in [3.05, 3.63) is 35.0 Å². The standard InChI is InChI=1S/C14H14FNO3S/c1-7(2)12(14(18)19)16-13(17)11-6-8-9(15)4-3-5-10(8)20-11/h3-7,12H,1-2H3,(H,16,17)(H,18,19). The number of carbonyl (C=O) groups excluding carboxylic acids is 1. The van der Waals surface area contributed by atoms with E-state index in [4.69, 9.17) is 5.11 Å². The van der Waals surface area contributed by atoms with Gasteiger partial charge in [0.15, 0.2) is 0 Å². The first kappa shape index (κ1) is 14.5. The third-order valence-electron chi connectivity index (χ3n) is 2.95. The van der Waals surface area contributed by atoms with Gasteiger partial charge in [-0.2, -0.15) is 0 Å². The van der Waals surface area contributed by atoms with Gasteiger partial charge in [0.05, 0.1) is 4.88 Å². The SMILES string of the molecule is CC(C)C(NC(=O)c1cc2c(F)cccc2s1)C(=O)O. The number of carbonyl (C=O) groups is 2. The van der Waals surface area contributed by atoms with E-state index in [1.165, 1.54) is 12.1 Å². The molecule has 1 heterocycles. The molecule has 106 valence electrons. The van der Waals surface area contributed by atoms with Crippen LogP contribution in [0.5, 0.6) is 0 Å². The average molecular weight is 295 g/mol. The van der Waals surface area contributed by atoms with Crippen LogP contribution in [0.15, 0.2) is 24.3 Å². The Balaban J connectivity index is 2.27. The van der Waals surface area contributed by atoms with E-state index in [0.717, 1.165) is 11.3 Å². The number of halogens is 1. The maximum atomic E-state index is 13.6. The van der Waals surface area contributed by atoms with Gasteiger partial charge in [0.2, 0.25) is 0 Å². The summed E-state index contributed by atoms with van der Waals surface area (Å²) in [4.78, 5) is 23.4. The van der Waals surface area contributed by atoms with Crippen LogP contribution >= 0.6 is 11.3 Å². The molecule has 0 bridgehead atoms. The fourth-order valence-electron chi connectivity index (χ4n) is 1.86. The van der Waals surface area contributed by atoms with Gasteiger partial charge in [-0.25, -0.2) is 9.18 Å². The summed E-state index contributed by atoms with van der Waals surface area (Å²) in [6.45, 7) is 3.42. The summed E-state index contributed by atoms with van der Waals surface area (Å²) in [6.07, 6.45) is 0. The van der Waals surface area contributed by atoms with Gasteiger partial charge in [-0.3, -0.25) is 4.79 Å². The number of carboxylic acids is 1. The highest BCUT2D eigenvalue weighted by Crippen LogP contribution is 2.27. The van der Waals surface area contributed by atoms with E-state index in [1.807, 2.05) is 0 Å². The summed E-state index contributed by atoms with van der Waals surface area (Å²) in [5, 5.41) is 11.9. The minimum atomic E-state index is -1.08. The second kappa shape index (κ2) is 5.58. The predicted octanol–water partition coefficient (Wildman–Crippen LogP) is 2.88. The molecule has 2 aromatic rings. The molecule has 0 saturated heterocycles. The molecule has 1 aromatic carbocycles. The zero-order valence-electron chi connectivity index (χ0n) is 11.0. The third kappa shape index (κ3) is 2.80. The molecule has 1 unspecified atom stereocenters. The van der Waals surface area contributed by atoms with Crippen molar-refractivity contribution in [2.45, 2.75) is 19.9 Å². The number of rotatable bonds is 4. The molecule has 2 N–H and O–H groups in total. The Hall–Kier alpha value is -1.95. The molecular formula is C14H14FNO3S. The molecule has 0 aliphatic heterocycles. The molecule has 1 amide bonds. The summed E-state index contributed by atoms with van der Waals surface area (Å²) in [5.41, 5.74) is 0.